The van der Waals surface area contributed by atoms with Gasteiger partial charge in [0.05, 0.1) is 19.2 Å². The summed E-state index contributed by atoms with van der Waals surface area (Å²) in [7, 11) is 1.64. The average molecular weight is 460 g/mol. The number of likely N-dealkylation sites (tertiary alicyclic amines) is 1. The second-order valence-electron chi connectivity index (χ2n) is 8.99. The molecule has 7 nitrogen and oxygen atoms in total. The fourth-order valence-electron chi connectivity index (χ4n) is 5.66. The van der Waals surface area contributed by atoms with E-state index in [0.717, 1.165) is 22.6 Å². The van der Waals surface area contributed by atoms with Crippen LogP contribution in [-0.2, 0) is 24.4 Å². The number of nitrogens with one attached hydrogen (secondary N) is 1. The highest BCUT2D eigenvalue weighted by molar-refractivity contribution is 5.82. The first-order chi connectivity index (χ1) is 16.6. The Morgan fingerprint density at radius 1 is 1.06 bits per heavy atom. The summed E-state index contributed by atoms with van der Waals surface area (Å²) in [6.07, 6.45) is 0. The van der Waals surface area contributed by atoms with Gasteiger partial charge in [0, 0.05) is 55.4 Å². The number of para-hydroxylation sites is 1. The number of rotatable bonds is 7. The Morgan fingerprint density at radius 3 is 2.59 bits per heavy atom. The van der Waals surface area contributed by atoms with E-state index in [1.807, 2.05) is 60.7 Å². The van der Waals surface area contributed by atoms with Crippen LogP contribution < -0.4 is 15.6 Å². The van der Waals surface area contributed by atoms with Crippen LogP contribution in [0.15, 0.2) is 77.6 Å². The molecule has 34 heavy (non-hydrogen) atoms. The first-order valence-corrected chi connectivity index (χ1v) is 11.6. The molecule has 5 rings (SSSR count). The SMILES string of the molecule is COc1ccccc1CN1[C@H](C(=O)NCc2ccccc2)[C@@H](CO)[C@@H]2Cn3c(cccc3=O)[C@@H]21. The van der Waals surface area contributed by atoms with Gasteiger partial charge >= 0.3 is 0 Å². The Kier molecular flexibility index (Phi) is 6.22. The van der Waals surface area contributed by atoms with Gasteiger partial charge in [-0.3, -0.25) is 14.5 Å². The second-order valence-corrected chi connectivity index (χ2v) is 8.99. The third-order valence-electron chi connectivity index (χ3n) is 7.19. The van der Waals surface area contributed by atoms with Gasteiger partial charge in [0.1, 0.15) is 5.75 Å². The molecular weight excluding hydrogens is 430 g/mol. The first-order valence-electron chi connectivity index (χ1n) is 11.6. The summed E-state index contributed by atoms with van der Waals surface area (Å²) in [5.41, 5.74) is 2.82. The molecule has 0 saturated carbocycles. The minimum Gasteiger partial charge on any atom is -0.496 e. The fourth-order valence-corrected chi connectivity index (χ4v) is 5.66. The van der Waals surface area contributed by atoms with Crippen molar-refractivity contribution in [3.63, 3.8) is 0 Å². The second kappa shape index (κ2) is 9.44. The Bertz CT molecular complexity index is 1230. The van der Waals surface area contributed by atoms with Crippen LogP contribution in [0.3, 0.4) is 0 Å². The van der Waals surface area contributed by atoms with E-state index in [1.54, 1.807) is 23.8 Å². The number of pyridine rings is 1. The number of carbonyl (C=O) groups excluding carboxylic acids is 1. The predicted molar refractivity (Wildman–Crippen MR) is 128 cm³/mol. The van der Waals surface area contributed by atoms with Gasteiger partial charge in [0.25, 0.3) is 5.56 Å². The van der Waals surface area contributed by atoms with Crippen molar-refractivity contribution >= 4 is 5.91 Å². The molecule has 1 fully saturated rings. The molecule has 176 valence electrons. The quantitative estimate of drug-likeness (QED) is 0.567. The van der Waals surface area contributed by atoms with E-state index < -0.39 is 6.04 Å². The van der Waals surface area contributed by atoms with E-state index >= 15 is 0 Å². The number of ether oxygens (including phenoxy) is 1. The van der Waals surface area contributed by atoms with Crippen molar-refractivity contribution in [1.82, 2.24) is 14.8 Å². The molecule has 1 amide bonds. The van der Waals surface area contributed by atoms with Crippen LogP contribution in [0.5, 0.6) is 5.75 Å². The molecule has 2 N–H and O–H groups in total. The highest BCUT2D eigenvalue weighted by Crippen LogP contribution is 2.50. The van der Waals surface area contributed by atoms with Crippen molar-refractivity contribution in [3.05, 3.63) is 100.0 Å². The average Bonchev–Trinajstić information content (AvgIpc) is 3.39. The number of hydrogen-bond acceptors (Lipinski definition) is 5. The number of aliphatic hydroxyl groups excluding tert-OH is 1. The van der Waals surface area contributed by atoms with Crippen molar-refractivity contribution in [2.45, 2.75) is 31.7 Å². The van der Waals surface area contributed by atoms with E-state index in [-0.39, 0.29) is 36.0 Å². The Balaban J connectivity index is 1.51. The molecule has 0 bridgehead atoms. The van der Waals surface area contributed by atoms with Crippen molar-refractivity contribution in [3.8, 4) is 5.75 Å². The zero-order valence-corrected chi connectivity index (χ0v) is 19.1. The zero-order valence-electron chi connectivity index (χ0n) is 19.1. The highest BCUT2D eigenvalue weighted by atomic mass is 16.5. The van der Waals surface area contributed by atoms with Gasteiger partial charge in [0.2, 0.25) is 5.91 Å². The molecule has 0 radical (unpaired) electrons. The maximum Gasteiger partial charge on any atom is 0.250 e. The number of aliphatic hydroxyl groups is 1. The Hall–Kier alpha value is -3.42. The van der Waals surface area contributed by atoms with Gasteiger partial charge in [-0.15, -0.1) is 0 Å². The maximum atomic E-state index is 13.6. The van der Waals surface area contributed by atoms with Gasteiger partial charge in [-0.05, 0) is 17.7 Å². The van der Waals surface area contributed by atoms with E-state index in [1.165, 1.54) is 0 Å². The molecule has 2 aromatic carbocycles. The Morgan fingerprint density at radius 2 is 1.82 bits per heavy atom. The zero-order chi connectivity index (χ0) is 23.7. The number of hydrogen-bond donors (Lipinski definition) is 2. The molecule has 1 aromatic heterocycles. The molecule has 3 heterocycles. The molecule has 0 unspecified atom stereocenters. The van der Waals surface area contributed by atoms with Crippen LogP contribution in [0, 0.1) is 11.8 Å². The van der Waals surface area contributed by atoms with Crippen LogP contribution in [0.25, 0.3) is 0 Å². The standard InChI is InChI=1S/C27H29N3O4/c1-34-23-12-6-5-10-19(23)15-30-25-20(16-29-22(25)11-7-13-24(29)32)21(17-31)26(30)27(33)28-14-18-8-3-2-4-9-18/h2-13,20-21,25-26,31H,14-17H2,1H3,(H,28,33)/t20-,21-,25+,26-/m0/s1. The van der Waals surface area contributed by atoms with E-state index in [4.69, 9.17) is 4.74 Å². The molecule has 2 aliphatic rings. The molecule has 7 heteroatoms. The van der Waals surface area contributed by atoms with E-state index in [0.29, 0.717) is 19.6 Å². The lowest BCUT2D eigenvalue weighted by Crippen LogP contribution is -2.47. The number of amides is 1. The Labute approximate surface area is 198 Å². The van der Waals surface area contributed by atoms with E-state index in [9.17, 15) is 14.7 Å². The largest absolute Gasteiger partial charge is 0.496 e. The van der Waals surface area contributed by atoms with E-state index in [2.05, 4.69) is 10.2 Å². The normalized spacial score (nSPS) is 23.4. The lowest BCUT2D eigenvalue weighted by molar-refractivity contribution is -0.128. The first kappa shape index (κ1) is 22.4. The highest BCUT2D eigenvalue weighted by Gasteiger charge is 2.55. The minimum atomic E-state index is -0.530. The lowest BCUT2D eigenvalue weighted by Gasteiger charge is -2.31. The predicted octanol–water partition coefficient (Wildman–Crippen LogP) is 2.34. The summed E-state index contributed by atoms with van der Waals surface area (Å²) in [5, 5.41) is 13.5. The van der Waals surface area contributed by atoms with Gasteiger partial charge in [-0.1, -0.05) is 54.6 Å². The van der Waals surface area contributed by atoms with Crippen molar-refractivity contribution in [1.29, 1.82) is 0 Å². The van der Waals surface area contributed by atoms with Gasteiger partial charge in [0.15, 0.2) is 0 Å². The van der Waals surface area contributed by atoms with Gasteiger partial charge in [-0.2, -0.15) is 0 Å². The topological polar surface area (TPSA) is 83.8 Å². The number of nitrogens with zero attached hydrogens (tertiary/aromatic N) is 2. The monoisotopic (exact) mass is 459 g/mol. The summed E-state index contributed by atoms with van der Waals surface area (Å²) in [6.45, 7) is 1.25. The number of methoxy groups -OCH3 is 1. The van der Waals surface area contributed by atoms with Gasteiger partial charge in [-0.25, -0.2) is 0 Å². The summed E-state index contributed by atoms with van der Waals surface area (Å²) >= 11 is 0. The summed E-state index contributed by atoms with van der Waals surface area (Å²) in [4.78, 5) is 28.3. The minimum absolute atomic E-state index is 0.0396. The fraction of sp³-hybridized carbons (Fsp3) is 0.333. The number of carbonyl (C=O) groups is 1. The van der Waals surface area contributed by atoms with Crippen LogP contribution >= 0.6 is 0 Å². The number of fused-ring (bicyclic) bond motifs is 3. The molecule has 3 aromatic rings. The van der Waals surface area contributed by atoms with Crippen LogP contribution in [0.4, 0.5) is 0 Å². The maximum absolute atomic E-state index is 13.6. The molecule has 0 spiro atoms. The third kappa shape index (κ3) is 3.91. The van der Waals surface area contributed by atoms with Crippen molar-refractivity contribution in [2.75, 3.05) is 13.7 Å². The molecule has 4 atom stereocenters. The van der Waals surface area contributed by atoms with Crippen LogP contribution in [0.1, 0.15) is 22.9 Å². The smallest absolute Gasteiger partial charge is 0.250 e. The number of aromatic nitrogens is 1. The summed E-state index contributed by atoms with van der Waals surface area (Å²) < 4.78 is 7.36. The van der Waals surface area contributed by atoms with Crippen molar-refractivity contribution < 1.29 is 14.6 Å². The summed E-state index contributed by atoms with van der Waals surface area (Å²) in [6, 6.07) is 22.2. The number of benzene rings is 2. The molecule has 2 aliphatic heterocycles. The molecular formula is C27H29N3O4. The van der Waals surface area contributed by atoms with Gasteiger partial charge < -0.3 is 19.7 Å². The van der Waals surface area contributed by atoms with Crippen LogP contribution in [-0.4, -0.2) is 40.2 Å². The lowest BCUT2D eigenvalue weighted by atomic mass is 9.88. The van der Waals surface area contributed by atoms with Crippen LogP contribution in [0.2, 0.25) is 0 Å². The summed E-state index contributed by atoms with van der Waals surface area (Å²) in [5.74, 6) is 0.299. The molecule has 1 saturated heterocycles. The molecule has 0 aliphatic carbocycles. The van der Waals surface area contributed by atoms with Crippen molar-refractivity contribution in [2.24, 2.45) is 11.8 Å². The third-order valence-corrected chi connectivity index (χ3v) is 7.19.